The summed E-state index contributed by atoms with van der Waals surface area (Å²) in [5, 5.41) is 2.62. The van der Waals surface area contributed by atoms with Crippen molar-refractivity contribution in [2.45, 2.75) is 71.9 Å². The van der Waals surface area contributed by atoms with Gasteiger partial charge < -0.3 is 10.2 Å². The Morgan fingerprint density at radius 2 is 1.54 bits per heavy atom. The number of benzene rings is 3. The van der Waals surface area contributed by atoms with Gasteiger partial charge in [0, 0.05) is 55.5 Å². The molecular weight excluding hydrogens is 520 g/mol. The number of carbonyl (C=O) groups excluding carboxylic acids is 2. The molecule has 0 bridgehead atoms. The highest BCUT2D eigenvalue weighted by molar-refractivity contribution is 6.08. The first-order valence-corrected chi connectivity index (χ1v) is 14.2. The average molecular weight is 562 g/mol. The molecule has 0 atom stereocenters. The van der Waals surface area contributed by atoms with Crippen molar-refractivity contribution in [2.24, 2.45) is 0 Å². The molecule has 2 amide bonds. The van der Waals surface area contributed by atoms with E-state index in [2.05, 4.69) is 49.2 Å². The third kappa shape index (κ3) is 7.20. The molecule has 1 aliphatic rings. The number of rotatable bonds is 8. The van der Waals surface area contributed by atoms with Crippen LogP contribution in [0, 0.1) is 20.8 Å². The molecule has 3 aromatic rings. The first-order chi connectivity index (χ1) is 19.3. The number of aryl methyl sites for hydroxylation is 3. The molecule has 1 saturated heterocycles. The minimum absolute atomic E-state index is 0.162. The Hall–Kier alpha value is -3.58. The number of nitrogens with zero attached hydrogens (tertiary/aromatic N) is 2. The lowest BCUT2D eigenvalue weighted by atomic mass is 9.85. The largest absolute Gasteiger partial charge is 0.355 e. The van der Waals surface area contributed by atoms with E-state index in [-0.39, 0.29) is 18.2 Å². The SMILES string of the molecule is CNC(=O)c1ccc(C(=O)N(c2ccc(CC(C)(F)F)cc2)C2(C)CCN(Cc3ccc(C)c(C)c3)CC2)c(C)c1. The van der Waals surface area contributed by atoms with Crippen LogP contribution in [0.5, 0.6) is 0 Å². The van der Waals surface area contributed by atoms with Gasteiger partial charge in [-0.25, -0.2) is 8.78 Å². The zero-order chi connectivity index (χ0) is 29.9. The maximum Gasteiger partial charge on any atom is 0.259 e. The summed E-state index contributed by atoms with van der Waals surface area (Å²) in [5.74, 6) is -3.19. The molecule has 1 aliphatic heterocycles. The van der Waals surface area contributed by atoms with Gasteiger partial charge >= 0.3 is 0 Å². The highest BCUT2D eigenvalue weighted by Crippen LogP contribution is 2.36. The van der Waals surface area contributed by atoms with Gasteiger partial charge in [-0.3, -0.25) is 14.5 Å². The number of carbonyl (C=O) groups is 2. The van der Waals surface area contributed by atoms with E-state index in [1.54, 1.807) is 49.5 Å². The highest BCUT2D eigenvalue weighted by Gasteiger charge is 2.40. The fraction of sp³-hybridized carbons (Fsp3) is 0.412. The van der Waals surface area contributed by atoms with Crippen LogP contribution in [-0.2, 0) is 13.0 Å². The number of likely N-dealkylation sites (tertiary alicyclic amines) is 1. The lowest BCUT2D eigenvalue weighted by Crippen LogP contribution is -2.56. The topological polar surface area (TPSA) is 52.7 Å². The van der Waals surface area contributed by atoms with Crippen molar-refractivity contribution < 1.29 is 18.4 Å². The summed E-state index contributed by atoms with van der Waals surface area (Å²) >= 11 is 0. The third-order valence-electron chi connectivity index (χ3n) is 8.31. The monoisotopic (exact) mass is 561 g/mol. The van der Waals surface area contributed by atoms with Gasteiger partial charge in [-0.05, 0) is 106 Å². The van der Waals surface area contributed by atoms with Gasteiger partial charge in [0.25, 0.3) is 11.8 Å². The summed E-state index contributed by atoms with van der Waals surface area (Å²) in [6.45, 7) is 11.6. The average Bonchev–Trinajstić information content (AvgIpc) is 2.91. The number of halogens is 2. The van der Waals surface area contributed by atoms with Crippen LogP contribution >= 0.6 is 0 Å². The number of alkyl halides is 2. The van der Waals surface area contributed by atoms with Crippen molar-refractivity contribution in [1.29, 1.82) is 0 Å². The van der Waals surface area contributed by atoms with Gasteiger partial charge in [0.2, 0.25) is 5.92 Å². The normalized spacial score (nSPS) is 15.4. The Labute approximate surface area is 242 Å². The first kappa shape index (κ1) is 30.4. The molecule has 5 nitrogen and oxygen atoms in total. The van der Waals surface area contributed by atoms with Crippen molar-refractivity contribution in [2.75, 3.05) is 25.0 Å². The van der Waals surface area contributed by atoms with Crippen molar-refractivity contribution in [3.63, 3.8) is 0 Å². The van der Waals surface area contributed by atoms with Gasteiger partial charge in [-0.15, -0.1) is 0 Å². The molecule has 3 aromatic carbocycles. The molecule has 7 heteroatoms. The summed E-state index contributed by atoms with van der Waals surface area (Å²) in [7, 11) is 1.57. The summed E-state index contributed by atoms with van der Waals surface area (Å²) in [6.07, 6.45) is 1.16. The molecule has 4 rings (SSSR count). The summed E-state index contributed by atoms with van der Waals surface area (Å²) < 4.78 is 27.3. The van der Waals surface area contributed by atoms with Crippen LogP contribution in [0.2, 0.25) is 0 Å². The second-order valence-corrected chi connectivity index (χ2v) is 11.9. The molecule has 1 heterocycles. The number of piperidine rings is 1. The number of hydrogen-bond donors (Lipinski definition) is 1. The van der Waals surface area contributed by atoms with E-state index >= 15 is 0 Å². The van der Waals surface area contributed by atoms with Crippen molar-refractivity contribution >= 4 is 17.5 Å². The van der Waals surface area contributed by atoms with Crippen molar-refractivity contribution in [1.82, 2.24) is 10.2 Å². The summed E-state index contributed by atoms with van der Waals surface area (Å²) in [5.41, 5.74) is 6.26. The lowest BCUT2D eigenvalue weighted by molar-refractivity contribution is 0.0226. The first-order valence-electron chi connectivity index (χ1n) is 14.2. The number of nitrogens with one attached hydrogen (secondary N) is 1. The molecule has 0 radical (unpaired) electrons. The van der Waals surface area contributed by atoms with Crippen LogP contribution in [0.25, 0.3) is 0 Å². The van der Waals surface area contributed by atoms with Crippen LogP contribution in [0.3, 0.4) is 0 Å². The molecule has 0 unspecified atom stereocenters. The van der Waals surface area contributed by atoms with E-state index < -0.39 is 11.5 Å². The maximum absolute atomic E-state index is 14.3. The standard InChI is InChI=1S/C34H41F2N3O2/c1-23-7-8-27(19-24(23)2)22-38-17-15-33(4,16-18-38)39(29-12-9-26(10-13-29)21-34(5,35)36)32(41)30-14-11-28(20-25(30)3)31(40)37-6/h7-14,19-20H,15-18,21-22H2,1-6H3,(H,37,40). The van der Waals surface area contributed by atoms with E-state index in [0.29, 0.717) is 27.9 Å². The molecule has 1 N–H and O–H groups in total. The fourth-order valence-corrected chi connectivity index (χ4v) is 5.68. The van der Waals surface area contributed by atoms with E-state index in [9.17, 15) is 18.4 Å². The van der Waals surface area contributed by atoms with Crippen molar-refractivity contribution in [3.05, 3.63) is 99.6 Å². The van der Waals surface area contributed by atoms with Crippen LogP contribution in [-0.4, -0.2) is 48.3 Å². The maximum atomic E-state index is 14.3. The zero-order valence-corrected chi connectivity index (χ0v) is 25.0. The van der Waals surface area contributed by atoms with Gasteiger partial charge in [0.1, 0.15) is 0 Å². The Morgan fingerprint density at radius 1 is 0.902 bits per heavy atom. The number of hydrogen-bond acceptors (Lipinski definition) is 3. The molecule has 0 spiro atoms. The predicted molar refractivity (Wildman–Crippen MR) is 161 cm³/mol. The molecule has 0 saturated carbocycles. The van der Waals surface area contributed by atoms with Gasteiger partial charge in [-0.1, -0.05) is 30.3 Å². The summed E-state index contributed by atoms with van der Waals surface area (Å²) in [4.78, 5) is 30.7. The van der Waals surface area contributed by atoms with Gasteiger partial charge in [-0.2, -0.15) is 0 Å². The quantitative estimate of drug-likeness (QED) is 0.327. The van der Waals surface area contributed by atoms with Crippen molar-refractivity contribution in [3.8, 4) is 0 Å². The fourth-order valence-electron chi connectivity index (χ4n) is 5.68. The minimum Gasteiger partial charge on any atom is -0.355 e. The smallest absolute Gasteiger partial charge is 0.259 e. The second kappa shape index (κ2) is 12.1. The third-order valence-corrected chi connectivity index (χ3v) is 8.31. The Morgan fingerprint density at radius 3 is 2.10 bits per heavy atom. The van der Waals surface area contributed by atoms with Gasteiger partial charge in [0.05, 0.1) is 0 Å². The predicted octanol–water partition coefficient (Wildman–Crippen LogP) is 6.87. The van der Waals surface area contributed by atoms with Crippen LogP contribution < -0.4 is 10.2 Å². The van der Waals surface area contributed by atoms with Crippen LogP contribution in [0.4, 0.5) is 14.5 Å². The number of amides is 2. The van der Waals surface area contributed by atoms with Gasteiger partial charge in [0.15, 0.2) is 0 Å². The van der Waals surface area contributed by atoms with E-state index in [1.807, 2.05) is 11.8 Å². The Balaban J connectivity index is 1.63. The highest BCUT2D eigenvalue weighted by atomic mass is 19.3. The van der Waals surface area contributed by atoms with E-state index in [0.717, 1.165) is 39.4 Å². The number of anilines is 1. The molecule has 0 aliphatic carbocycles. The zero-order valence-electron chi connectivity index (χ0n) is 25.0. The molecular formula is C34H41F2N3O2. The second-order valence-electron chi connectivity index (χ2n) is 11.9. The lowest BCUT2D eigenvalue weighted by Gasteiger charge is -2.47. The molecule has 218 valence electrons. The molecule has 1 fully saturated rings. The summed E-state index contributed by atoms with van der Waals surface area (Å²) in [6, 6.07) is 18.6. The Kier molecular flexibility index (Phi) is 8.97. The molecule has 41 heavy (non-hydrogen) atoms. The minimum atomic E-state index is -2.81. The van der Waals surface area contributed by atoms with E-state index in [4.69, 9.17) is 0 Å². The van der Waals surface area contributed by atoms with Crippen LogP contribution in [0.1, 0.15) is 75.2 Å². The van der Waals surface area contributed by atoms with Crippen LogP contribution in [0.15, 0.2) is 60.7 Å². The van der Waals surface area contributed by atoms with E-state index in [1.165, 1.54) is 16.7 Å². The Bertz CT molecular complexity index is 1400. The molecule has 0 aromatic heterocycles.